The third-order valence-corrected chi connectivity index (χ3v) is 36.9. The van der Waals surface area contributed by atoms with Gasteiger partial charge in [0.15, 0.2) is 17.5 Å². The van der Waals surface area contributed by atoms with Crippen LogP contribution in [0.1, 0.15) is 216 Å². The van der Waals surface area contributed by atoms with Crippen LogP contribution in [0.2, 0.25) is 0 Å². The lowest BCUT2D eigenvalue weighted by Gasteiger charge is -2.49. The molecule has 147 heavy (non-hydrogen) atoms. The summed E-state index contributed by atoms with van der Waals surface area (Å²) in [5.41, 5.74) is 52.5. The van der Waals surface area contributed by atoms with E-state index in [2.05, 4.69) is 470 Å². The summed E-state index contributed by atoms with van der Waals surface area (Å²) in [6.07, 6.45) is 0. The highest BCUT2D eigenvalue weighted by molar-refractivity contribution is 6.07. The maximum absolute atomic E-state index is 6.35. The molecule has 18 aromatic carbocycles. The van der Waals surface area contributed by atoms with Crippen LogP contribution in [0.25, 0.3) is 145 Å². The van der Waals surface area contributed by atoms with Crippen molar-refractivity contribution < 1.29 is 4.42 Å². The second kappa shape index (κ2) is 32.9. The van der Waals surface area contributed by atoms with Gasteiger partial charge in [0.25, 0.3) is 0 Å². The zero-order valence-corrected chi connectivity index (χ0v) is 88.2. The van der Waals surface area contributed by atoms with E-state index in [0.29, 0.717) is 17.5 Å². The number of furan rings is 1. The van der Waals surface area contributed by atoms with Gasteiger partial charge in [-0.05, 0) is 290 Å². The third kappa shape index (κ3) is 13.7. The van der Waals surface area contributed by atoms with Crippen LogP contribution in [0, 0.1) is 0 Å². The van der Waals surface area contributed by atoms with Crippen LogP contribution in [0.3, 0.4) is 0 Å². The summed E-state index contributed by atoms with van der Waals surface area (Å²) in [4.78, 5) is 19.7. The molecule has 6 nitrogen and oxygen atoms in total. The van der Waals surface area contributed by atoms with Crippen LogP contribution in [0.4, 0.5) is 34.1 Å². The number of aromatic nitrogens is 3. The zero-order chi connectivity index (χ0) is 102. The highest BCUT2D eigenvalue weighted by Crippen LogP contribution is 2.67. The lowest BCUT2D eigenvalue weighted by atomic mass is 9.54. The molecule has 7 aliphatic carbocycles. The Labute approximate surface area is 867 Å². The highest BCUT2D eigenvalue weighted by Gasteiger charge is 2.54. The predicted octanol–water partition coefficient (Wildman–Crippen LogP) is 37.7. The van der Waals surface area contributed by atoms with Gasteiger partial charge >= 0.3 is 0 Å². The van der Waals surface area contributed by atoms with E-state index in [1.165, 1.54) is 178 Å². The van der Waals surface area contributed by atoms with Crippen molar-refractivity contribution in [2.24, 2.45) is 0 Å². The van der Waals surface area contributed by atoms with Gasteiger partial charge in [-0.2, -0.15) is 0 Å². The summed E-state index contributed by atoms with van der Waals surface area (Å²) < 4.78 is 6.35. The Balaban J connectivity index is 0.000000115. The van der Waals surface area contributed by atoms with Crippen molar-refractivity contribution in [1.29, 1.82) is 0 Å². The molecule has 0 fully saturated rings. The largest absolute Gasteiger partial charge is 0.456 e. The number of hydrogen-bond acceptors (Lipinski definition) is 6. The number of nitrogens with zero attached hydrogens (tertiary/aromatic N) is 5. The molecule has 0 aliphatic heterocycles. The number of fused-ring (bicyclic) bond motifs is 27. The highest BCUT2D eigenvalue weighted by atomic mass is 16.3. The monoisotopic (exact) mass is 1900 g/mol. The standard InChI is InChI=1S/C48H41N3.C48H45N.C45H39NO/c1-46(2)38-26-27-39-42(35-22-13-14-23-37(35)47(3,4)48(39,5)6)41(38)36-25-24-33(29-40(36)46)32-20-15-21-34(28-32)45-50-43(30-16-9-7-10-17-30)49-44(51-45)31-18-11-8-12-19-31;1-45(2)38-20-14-12-18-33(38)34-24-22-31(28-41(34)45)49(30-16-10-9-11-17-30)32-23-25-35-36-26-27-40-43(44(36)46(3,4)42(35)29-32)37-19-13-15-21-39(37)47(5,6)48(40,7)8;1-43(2)38-26-29(46(28-14-8-7-9-15-28)30-21-23-33-32-16-11-13-19-39(32)47-40(33)27-30)20-22-31(38)34-24-25-37-41(42(34)43)35-17-10-12-18-36(35)44(3,4)45(37,5)6/h7-29H,1-6H3;9-29H,1-8H3;7-27H,1-6H3. The van der Waals surface area contributed by atoms with Gasteiger partial charge < -0.3 is 14.2 Å². The molecule has 0 spiro atoms. The Morgan fingerprint density at radius 2 is 0.469 bits per heavy atom. The molecule has 7 aliphatic rings. The van der Waals surface area contributed by atoms with Gasteiger partial charge in [-0.1, -0.05) is 436 Å². The lowest BCUT2D eigenvalue weighted by Crippen LogP contribution is -2.44. The first-order valence-corrected chi connectivity index (χ1v) is 52.6. The van der Waals surface area contributed by atoms with Crippen LogP contribution >= 0.6 is 0 Å². The SMILES string of the molecule is CC1(C)c2cc(-c3cccc(-c4nc(-c5ccccc5)nc(-c5ccccc5)n4)c3)ccc2-c2c1ccc1c2-c2ccccc2C(C)(C)C1(C)C.CC1(C)c2cc(N(c3ccccc3)c3ccc4c(c3)oc3ccccc34)ccc2-c2ccc3c(c21)-c1ccccc1C(C)(C)C3(C)C.CC1(C)c2ccccc2-c2ccc(N(c3ccccc3)c3ccc4c(c3)C(C)(C)c3c-4ccc4c3-c3ccccc3C(C)(C)C4(C)C)cc21. The van der Waals surface area contributed by atoms with Crippen molar-refractivity contribution in [3.05, 3.63) is 472 Å². The second-order valence-electron chi connectivity index (χ2n) is 47.4. The molecule has 2 heterocycles. The molecule has 0 N–H and O–H groups in total. The summed E-state index contributed by atoms with van der Waals surface area (Å²) in [6, 6.07) is 145. The lowest BCUT2D eigenvalue weighted by molar-refractivity contribution is 0.298. The minimum atomic E-state index is -0.193. The van der Waals surface area contributed by atoms with Gasteiger partial charge in [0.2, 0.25) is 0 Å². The van der Waals surface area contributed by atoms with E-state index in [4.69, 9.17) is 19.4 Å². The molecule has 720 valence electrons. The summed E-state index contributed by atoms with van der Waals surface area (Å²) in [6.45, 7) is 48.3. The number of para-hydroxylation sites is 3. The summed E-state index contributed by atoms with van der Waals surface area (Å²) in [5.74, 6) is 1.99. The maximum atomic E-state index is 6.35. The Morgan fingerprint density at radius 1 is 0.170 bits per heavy atom. The number of anilines is 6. The van der Waals surface area contributed by atoms with Crippen molar-refractivity contribution in [3.8, 4) is 123 Å². The van der Waals surface area contributed by atoms with E-state index in [1.54, 1.807) is 0 Å². The molecule has 0 amide bonds. The van der Waals surface area contributed by atoms with Gasteiger partial charge in [0.1, 0.15) is 11.2 Å². The zero-order valence-electron chi connectivity index (χ0n) is 88.2. The van der Waals surface area contributed by atoms with Gasteiger partial charge in [-0.3, -0.25) is 0 Å². The molecule has 0 bridgehead atoms. The summed E-state index contributed by atoms with van der Waals surface area (Å²) in [7, 11) is 0. The van der Waals surface area contributed by atoms with Crippen molar-refractivity contribution in [3.63, 3.8) is 0 Å². The van der Waals surface area contributed by atoms with E-state index < -0.39 is 0 Å². The first-order valence-electron chi connectivity index (χ1n) is 52.6. The fourth-order valence-electron chi connectivity index (χ4n) is 26.7. The topological polar surface area (TPSA) is 58.3 Å². The molecule has 27 rings (SSSR count). The fourth-order valence-corrected chi connectivity index (χ4v) is 26.7. The molecule has 0 radical (unpaired) electrons. The average Bonchev–Trinajstić information content (AvgIpc) is 1.29. The van der Waals surface area contributed by atoms with Crippen molar-refractivity contribution in [2.45, 2.75) is 193 Å². The van der Waals surface area contributed by atoms with Crippen LogP contribution in [0.15, 0.2) is 399 Å². The number of benzene rings is 18. The van der Waals surface area contributed by atoms with E-state index in [1.807, 2.05) is 72.8 Å². The Morgan fingerprint density at radius 3 is 0.959 bits per heavy atom. The smallest absolute Gasteiger partial charge is 0.164 e. The molecular weight excluding hydrogens is 1780 g/mol. The van der Waals surface area contributed by atoms with Gasteiger partial charge in [-0.25, -0.2) is 15.0 Å². The summed E-state index contributed by atoms with van der Waals surface area (Å²) in [5, 5.41) is 2.29. The van der Waals surface area contributed by atoms with E-state index >= 15 is 0 Å². The Kier molecular flexibility index (Phi) is 20.7. The number of hydrogen-bond donors (Lipinski definition) is 0. The molecule has 0 atom stereocenters. The Bertz CT molecular complexity index is 8780. The molecular formula is C141H125N5O. The quantitative estimate of drug-likeness (QED) is 0.136. The van der Waals surface area contributed by atoms with E-state index in [-0.39, 0.29) is 54.1 Å². The van der Waals surface area contributed by atoms with Gasteiger partial charge in [0.05, 0.1) is 0 Å². The molecule has 0 saturated heterocycles. The van der Waals surface area contributed by atoms with Gasteiger partial charge in [0, 0.05) is 89.3 Å². The van der Waals surface area contributed by atoms with Crippen molar-refractivity contribution in [2.75, 3.05) is 9.80 Å². The average molecular weight is 1910 g/mol. The first kappa shape index (κ1) is 92.5. The maximum Gasteiger partial charge on any atom is 0.164 e. The minimum Gasteiger partial charge on any atom is -0.456 e. The third-order valence-electron chi connectivity index (χ3n) is 36.9. The fraction of sp³-hybridized carbons (Fsp3) is 0.213. The van der Waals surface area contributed by atoms with Crippen LogP contribution in [0.5, 0.6) is 0 Å². The van der Waals surface area contributed by atoms with Crippen LogP contribution < -0.4 is 9.80 Å². The molecule has 2 aromatic heterocycles. The van der Waals surface area contributed by atoms with E-state index in [9.17, 15) is 0 Å². The normalized spacial score (nSPS) is 16.6. The van der Waals surface area contributed by atoms with Crippen LogP contribution in [-0.4, -0.2) is 15.0 Å². The van der Waals surface area contributed by atoms with E-state index in [0.717, 1.165) is 61.3 Å². The number of rotatable bonds is 10. The minimum absolute atomic E-state index is 0.00108. The summed E-state index contributed by atoms with van der Waals surface area (Å²) >= 11 is 0. The second-order valence-corrected chi connectivity index (χ2v) is 47.4. The molecule has 0 saturated carbocycles. The predicted molar refractivity (Wildman–Crippen MR) is 616 cm³/mol. The molecule has 20 aromatic rings. The first-order chi connectivity index (χ1) is 70.5. The van der Waals surface area contributed by atoms with Crippen LogP contribution in [-0.2, 0) is 54.1 Å². The molecule has 6 heteroatoms. The van der Waals surface area contributed by atoms with Crippen molar-refractivity contribution >= 4 is 56.1 Å². The Hall–Kier alpha value is -15.6. The molecule has 0 unspecified atom stereocenters. The van der Waals surface area contributed by atoms with Gasteiger partial charge in [-0.15, -0.1) is 0 Å². The van der Waals surface area contributed by atoms with Crippen molar-refractivity contribution in [1.82, 2.24) is 15.0 Å².